The van der Waals surface area contributed by atoms with Crippen LogP contribution in [0, 0.1) is 0 Å². The van der Waals surface area contributed by atoms with Crippen LogP contribution in [0.15, 0.2) is 18.2 Å². The molecule has 1 aliphatic heterocycles. The third-order valence-corrected chi connectivity index (χ3v) is 5.85. The molecule has 8 nitrogen and oxygen atoms in total. The Morgan fingerprint density at radius 3 is 2.44 bits per heavy atom. The molecule has 0 aliphatic carbocycles. The van der Waals surface area contributed by atoms with E-state index in [9.17, 15) is 18.0 Å². The smallest absolute Gasteiger partial charge is 0.338 e. The number of methoxy groups -OCH3 is 2. The highest BCUT2D eigenvalue weighted by Crippen LogP contribution is 2.27. The highest BCUT2D eigenvalue weighted by Gasteiger charge is 2.33. The normalized spacial score (nSPS) is 18.4. The number of ether oxygens (including phenoxy) is 3. The Labute approximate surface area is 146 Å². The van der Waals surface area contributed by atoms with Crippen LogP contribution in [-0.4, -0.2) is 70.6 Å². The second-order valence-electron chi connectivity index (χ2n) is 5.71. The number of esters is 1. The monoisotopic (exact) mass is 371 g/mol. The van der Waals surface area contributed by atoms with Gasteiger partial charge in [-0.15, -0.1) is 0 Å². The summed E-state index contributed by atoms with van der Waals surface area (Å²) < 4.78 is 38.2. The van der Waals surface area contributed by atoms with Crippen LogP contribution in [-0.2, 0) is 19.4 Å². The van der Waals surface area contributed by atoms with E-state index in [1.807, 2.05) is 0 Å². The van der Waals surface area contributed by atoms with Gasteiger partial charge in [0.25, 0.3) is 5.91 Å². The molecule has 0 bridgehead atoms. The Bertz CT molecular complexity index is 760. The molecule has 1 amide bonds. The lowest BCUT2D eigenvalue weighted by Crippen LogP contribution is -2.40. The second kappa shape index (κ2) is 7.73. The quantitative estimate of drug-likeness (QED) is 0.672. The number of carbonyl (C=O) groups excluding carboxylic acids is 2. The van der Waals surface area contributed by atoms with Crippen LogP contribution in [0.3, 0.4) is 0 Å². The zero-order valence-electron chi connectivity index (χ0n) is 14.4. The van der Waals surface area contributed by atoms with Gasteiger partial charge in [0.1, 0.15) is 0 Å². The van der Waals surface area contributed by atoms with Crippen LogP contribution in [0.5, 0.6) is 11.5 Å². The molecular formula is C16H21NO7S. The van der Waals surface area contributed by atoms with Gasteiger partial charge in [-0.1, -0.05) is 0 Å². The van der Waals surface area contributed by atoms with Crippen molar-refractivity contribution in [3.63, 3.8) is 0 Å². The van der Waals surface area contributed by atoms with Gasteiger partial charge in [-0.3, -0.25) is 4.79 Å². The van der Waals surface area contributed by atoms with Crippen LogP contribution >= 0.6 is 0 Å². The molecule has 25 heavy (non-hydrogen) atoms. The molecule has 1 atom stereocenters. The molecule has 0 N–H and O–H groups in total. The summed E-state index contributed by atoms with van der Waals surface area (Å²) in [6.45, 7) is -0.458. The van der Waals surface area contributed by atoms with Crippen molar-refractivity contribution in [2.75, 3.05) is 39.4 Å². The number of hydrogen-bond donors (Lipinski definition) is 0. The number of carbonyl (C=O) groups is 2. The number of amides is 1. The second-order valence-corrected chi connectivity index (χ2v) is 7.94. The van der Waals surface area contributed by atoms with E-state index in [4.69, 9.17) is 14.2 Å². The van der Waals surface area contributed by atoms with Crippen LogP contribution in [0.2, 0.25) is 0 Å². The van der Waals surface area contributed by atoms with E-state index in [1.165, 1.54) is 38.3 Å². The van der Waals surface area contributed by atoms with Crippen LogP contribution in [0.4, 0.5) is 0 Å². The van der Waals surface area contributed by atoms with E-state index < -0.39 is 28.3 Å². The number of nitrogens with zero attached hydrogens (tertiary/aromatic N) is 1. The van der Waals surface area contributed by atoms with Gasteiger partial charge >= 0.3 is 5.97 Å². The van der Waals surface area contributed by atoms with Crippen molar-refractivity contribution < 1.29 is 32.2 Å². The molecule has 1 unspecified atom stereocenters. The number of hydrogen-bond acceptors (Lipinski definition) is 7. The molecule has 0 radical (unpaired) electrons. The SMILES string of the molecule is COc1ccc(C(=O)OCC(=O)N(C)C2CCS(=O)(=O)C2)cc1OC. The lowest BCUT2D eigenvalue weighted by molar-refractivity contribution is -0.134. The molecule has 0 aromatic heterocycles. The van der Waals surface area contributed by atoms with E-state index in [-0.39, 0.29) is 23.1 Å². The summed E-state index contributed by atoms with van der Waals surface area (Å²) in [4.78, 5) is 25.5. The fourth-order valence-electron chi connectivity index (χ4n) is 2.56. The minimum Gasteiger partial charge on any atom is -0.493 e. The van der Waals surface area contributed by atoms with Crippen molar-refractivity contribution in [1.82, 2.24) is 4.90 Å². The average Bonchev–Trinajstić information content (AvgIpc) is 2.97. The molecule has 9 heteroatoms. The fraction of sp³-hybridized carbons (Fsp3) is 0.500. The van der Waals surface area contributed by atoms with Crippen molar-refractivity contribution in [2.45, 2.75) is 12.5 Å². The summed E-state index contributed by atoms with van der Waals surface area (Å²) in [7, 11) is 1.35. The predicted octanol–water partition coefficient (Wildman–Crippen LogP) is 0.506. The highest BCUT2D eigenvalue weighted by atomic mass is 32.2. The van der Waals surface area contributed by atoms with Gasteiger partial charge in [-0.05, 0) is 24.6 Å². The third-order valence-electron chi connectivity index (χ3n) is 4.10. The van der Waals surface area contributed by atoms with Crippen molar-refractivity contribution >= 4 is 21.7 Å². The molecule has 1 aromatic rings. The minimum atomic E-state index is -3.09. The zero-order valence-corrected chi connectivity index (χ0v) is 15.2. The van der Waals surface area contributed by atoms with Crippen molar-refractivity contribution in [3.05, 3.63) is 23.8 Å². The van der Waals surface area contributed by atoms with Gasteiger partial charge in [-0.2, -0.15) is 0 Å². The molecule has 0 spiro atoms. The maximum Gasteiger partial charge on any atom is 0.338 e. The first-order valence-corrected chi connectivity index (χ1v) is 9.44. The Hall–Kier alpha value is -2.29. The zero-order chi connectivity index (χ0) is 18.6. The van der Waals surface area contributed by atoms with Crippen molar-refractivity contribution in [2.24, 2.45) is 0 Å². The Balaban J connectivity index is 1.94. The molecule has 138 valence electrons. The predicted molar refractivity (Wildman–Crippen MR) is 89.7 cm³/mol. The summed E-state index contributed by atoms with van der Waals surface area (Å²) >= 11 is 0. The molecule has 1 saturated heterocycles. The number of sulfone groups is 1. The first kappa shape index (κ1) is 19.0. The van der Waals surface area contributed by atoms with Crippen LogP contribution in [0.1, 0.15) is 16.8 Å². The van der Waals surface area contributed by atoms with Gasteiger partial charge < -0.3 is 19.1 Å². The molecule has 1 heterocycles. The molecule has 1 aliphatic rings. The standard InChI is InChI=1S/C16H21NO7S/c1-17(12-6-7-25(20,21)10-12)15(18)9-24-16(19)11-4-5-13(22-2)14(8-11)23-3/h4-5,8,12H,6-7,9-10H2,1-3H3. The van der Waals surface area contributed by atoms with Crippen molar-refractivity contribution in [3.8, 4) is 11.5 Å². The van der Waals surface area contributed by atoms with Crippen LogP contribution in [0.25, 0.3) is 0 Å². The lowest BCUT2D eigenvalue weighted by Gasteiger charge is -2.23. The largest absolute Gasteiger partial charge is 0.493 e. The fourth-order valence-corrected chi connectivity index (χ4v) is 4.33. The summed E-state index contributed by atoms with van der Waals surface area (Å²) in [6, 6.07) is 4.14. The number of likely N-dealkylation sites (N-methyl/N-ethyl adjacent to an activating group) is 1. The van der Waals surface area contributed by atoms with E-state index in [1.54, 1.807) is 6.07 Å². The van der Waals surface area contributed by atoms with E-state index >= 15 is 0 Å². The highest BCUT2D eigenvalue weighted by molar-refractivity contribution is 7.91. The van der Waals surface area contributed by atoms with Crippen molar-refractivity contribution in [1.29, 1.82) is 0 Å². The number of benzene rings is 1. The van der Waals surface area contributed by atoms with E-state index in [0.717, 1.165) is 0 Å². The third kappa shape index (κ3) is 4.62. The van der Waals surface area contributed by atoms with Gasteiger partial charge in [-0.25, -0.2) is 13.2 Å². The van der Waals surface area contributed by atoms with Crippen LogP contribution < -0.4 is 9.47 Å². The topological polar surface area (TPSA) is 99.2 Å². The number of rotatable bonds is 6. The lowest BCUT2D eigenvalue weighted by atomic mass is 10.2. The molecule has 1 aromatic carbocycles. The van der Waals surface area contributed by atoms with E-state index in [2.05, 4.69) is 0 Å². The minimum absolute atomic E-state index is 0.0567. The average molecular weight is 371 g/mol. The Kier molecular flexibility index (Phi) is 5.89. The maximum atomic E-state index is 12.1. The summed E-state index contributed by atoms with van der Waals surface area (Å²) in [5, 5.41) is 0. The molecule has 1 fully saturated rings. The first-order chi connectivity index (χ1) is 11.8. The summed E-state index contributed by atoms with van der Waals surface area (Å²) in [5.41, 5.74) is 0.219. The summed E-state index contributed by atoms with van der Waals surface area (Å²) in [6.07, 6.45) is 0.397. The van der Waals surface area contributed by atoms with E-state index in [0.29, 0.717) is 17.9 Å². The maximum absolute atomic E-state index is 12.1. The summed E-state index contributed by atoms with van der Waals surface area (Å²) in [5.74, 6) is -0.272. The van der Waals surface area contributed by atoms with Gasteiger partial charge in [0.2, 0.25) is 0 Å². The Morgan fingerprint density at radius 2 is 1.88 bits per heavy atom. The molecular weight excluding hydrogens is 350 g/mol. The van der Waals surface area contributed by atoms with Gasteiger partial charge in [0, 0.05) is 13.1 Å². The molecule has 2 rings (SSSR count). The van der Waals surface area contributed by atoms with Gasteiger partial charge in [0.05, 0.1) is 31.3 Å². The first-order valence-electron chi connectivity index (χ1n) is 7.62. The molecule has 0 saturated carbocycles. The Morgan fingerprint density at radius 1 is 1.20 bits per heavy atom. The van der Waals surface area contributed by atoms with Gasteiger partial charge in [0.15, 0.2) is 27.9 Å².